The topological polar surface area (TPSA) is 64.3 Å². The fourth-order valence-corrected chi connectivity index (χ4v) is 2.58. The van der Waals surface area contributed by atoms with Crippen LogP contribution in [0.2, 0.25) is 5.02 Å². The van der Waals surface area contributed by atoms with Gasteiger partial charge in [0.15, 0.2) is 0 Å². The first-order chi connectivity index (χ1) is 9.01. The Hall–Kier alpha value is -1.72. The van der Waals surface area contributed by atoms with Gasteiger partial charge in [0.05, 0.1) is 17.7 Å². The summed E-state index contributed by atoms with van der Waals surface area (Å²) in [6.07, 6.45) is 0. The van der Waals surface area contributed by atoms with Crippen LogP contribution in [0.3, 0.4) is 0 Å². The van der Waals surface area contributed by atoms with Crippen molar-refractivity contribution in [3.63, 3.8) is 0 Å². The zero-order valence-corrected chi connectivity index (χ0v) is 12.1. The maximum Gasteiger partial charge on any atom is 0.265 e. The number of hydrogen-bond donors (Lipinski definition) is 2. The van der Waals surface area contributed by atoms with Gasteiger partial charge in [-0.15, -0.1) is 11.3 Å². The second kappa shape index (κ2) is 5.50. The lowest BCUT2D eigenvalue weighted by Crippen LogP contribution is -2.11. The fraction of sp³-hybridized carbons (Fsp3) is 0.154. The summed E-state index contributed by atoms with van der Waals surface area (Å²) in [6.45, 7) is 1.87. The van der Waals surface area contributed by atoms with E-state index >= 15 is 0 Å². The summed E-state index contributed by atoms with van der Waals surface area (Å²) in [6, 6.07) is 6.70. The highest BCUT2D eigenvalue weighted by Gasteiger charge is 2.13. The van der Waals surface area contributed by atoms with Crippen molar-refractivity contribution in [3.05, 3.63) is 39.0 Å². The molecule has 100 valence electrons. The summed E-state index contributed by atoms with van der Waals surface area (Å²) in [5.41, 5.74) is 6.89. The molecule has 0 radical (unpaired) electrons. The molecule has 1 aromatic heterocycles. The Balaban J connectivity index is 2.25. The number of carbonyl (C=O) groups is 1. The fourth-order valence-electron chi connectivity index (χ4n) is 1.57. The minimum absolute atomic E-state index is 0.231. The van der Waals surface area contributed by atoms with Crippen molar-refractivity contribution >= 4 is 40.2 Å². The van der Waals surface area contributed by atoms with Crippen LogP contribution in [0.4, 0.5) is 11.4 Å². The standard InChI is InChI=1S/C13H13ClN2O2S/c1-7-9(15)6-12(19-7)13(17)16-10-5-8(14)3-4-11(10)18-2/h3-6H,15H2,1-2H3,(H,16,17). The van der Waals surface area contributed by atoms with Crippen LogP contribution in [0, 0.1) is 6.92 Å². The molecular weight excluding hydrogens is 284 g/mol. The van der Waals surface area contributed by atoms with E-state index in [1.165, 1.54) is 18.4 Å². The van der Waals surface area contributed by atoms with Crippen molar-refractivity contribution in [1.82, 2.24) is 0 Å². The number of nitrogens with two attached hydrogens (primary N) is 1. The summed E-state index contributed by atoms with van der Waals surface area (Å²) >= 11 is 7.26. The van der Waals surface area contributed by atoms with E-state index in [-0.39, 0.29) is 5.91 Å². The van der Waals surface area contributed by atoms with E-state index < -0.39 is 0 Å². The van der Waals surface area contributed by atoms with Crippen molar-refractivity contribution < 1.29 is 9.53 Å². The lowest BCUT2D eigenvalue weighted by atomic mass is 10.3. The number of carbonyl (C=O) groups excluding carboxylic acids is 1. The Morgan fingerprint density at radius 2 is 2.16 bits per heavy atom. The van der Waals surface area contributed by atoms with Crippen LogP contribution >= 0.6 is 22.9 Å². The normalized spacial score (nSPS) is 10.3. The number of nitrogen functional groups attached to an aromatic ring is 1. The van der Waals surface area contributed by atoms with Gasteiger partial charge in [-0.1, -0.05) is 11.6 Å². The molecule has 0 aliphatic rings. The number of ether oxygens (including phenoxy) is 1. The lowest BCUT2D eigenvalue weighted by molar-refractivity contribution is 0.103. The van der Waals surface area contributed by atoms with Crippen LogP contribution in [0.5, 0.6) is 5.75 Å². The van der Waals surface area contributed by atoms with Gasteiger partial charge in [0.2, 0.25) is 0 Å². The summed E-state index contributed by atoms with van der Waals surface area (Å²) in [4.78, 5) is 13.6. The number of anilines is 2. The molecule has 0 aliphatic carbocycles. The summed E-state index contributed by atoms with van der Waals surface area (Å²) in [5.74, 6) is 0.323. The minimum atomic E-state index is -0.231. The molecule has 4 nitrogen and oxygen atoms in total. The number of hydrogen-bond acceptors (Lipinski definition) is 4. The third-order valence-electron chi connectivity index (χ3n) is 2.59. The zero-order valence-electron chi connectivity index (χ0n) is 10.5. The first-order valence-electron chi connectivity index (χ1n) is 5.52. The molecule has 0 aliphatic heterocycles. The molecule has 0 bridgehead atoms. The van der Waals surface area contributed by atoms with Gasteiger partial charge < -0.3 is 15.8 Å². The highest BCUT2D eigenvalue weighted by molar-refractivity contribution is 7.14. The summed E-state index contributed by atoms with van der Waals surface area (Å²) < 4.78 is 5.17. The molecule has 0 saturated heterocycles. The molecule has 3 N–H and O–H groups in total. The molecular formula is C13H13ClN2O2S. The number of benzene rings is 1. The number of halogens is 1. The number of thiophene rings is 1. The number of amides is 1. The van der Waals surface area contributed by atoms with Crippen LogP contribution in [0.25, 0.3) is 0 Å². The molecule has 0 saturated carbocycles. The molecule has 1 heterocycles. The average molecular weight is 297 g/mol. The predicted octanol–water partition coefficient (Wildman–Crippen LogP) is 3.55. The Morgan fingerprint density at radius 3 is 2.74 bits per heavy atom. The van der Waals surface area contributed by atoms with Crippen molar-refractivity contribution in [1.29, 1.82) is 0 Å². The summed E-state index contributed by atoms with van der Waals surface area (Å²) in [5, 5.41) is 3.29. The first kappa shape index (κ1) is 13.7. The third kappa shape index (κ3) is 3.00. The Kier molecular flexibility index (Phi) is 3.97. The molecule has 6 heteroatoms. The number of rotatable bonds is 3. The molecule has 0 atom stereocenters. The molecule has 1 amide bonds. The molecule has 0 spiro atoms. The van der Waals surface area contributed by atoms with E-state index in [0.29, 0.717) is 27.0 Å². The Labute approximate surface area is 120 Å². The Bertz CT molecular complexity index is 606. The molecule has 0 fully saturated rings. The zero-order chi connectivity index (χ0) is 14.0. The van der Waals surface area contributed by atoms with Gasteiger partial charge in [-0.3, -0.25) is 4.79 Å². The first-order valence-corrected chi connectivity index (χ1v) is 6.71. The average Bonchev–Trinajstić information content (AvgIpc) is 2.70. The lowest BCUT2D eigenvalue weighted by Gasteiger charge is -2.09. The van der Waals surface area contributed by atoms with Crippen LogP contribution in [-0.4, -0.2) is 13.0 Å². The number of nitrogens with one attached hydrogen (secondary N) is 1. The van der Waals surface area contributed by atoms with E-state index in [2.05, 4.69) is 5.32 Å². The van der Waals surface area contributed by atoms with Crippen molar-refractivity contribution in [2.45, 2.75) is 6.92 Å². The van der Waals surface area contributed by atoms with Crippen LogP contribution in [0.15, 0.2) is 24.3 Å². The van der Waals surface area contributed by atoms with E-state index in [4.69, 9.17) is 22.1 Å². The molecule has 1 aromatic carbocycles. The smallest absolute Gasteiger partial charge is 0.265 e. The van der Waals surface area contributed by atoms with Gasteiger partial charge in [0.25, 0.3) is 5.91 Å². The number of methoxy groups -OCH3 is 1. The quantitative estimate of drug-likeness (QED) is 0.910. The van der Waals surface area contributed by atoms with E-state index in [9.17, 15) is 4.79 Å². The number of aryl methyl sites for hydroxylation is 1. The molecule has 0 unspecified atom stereocenters. The van der Waals surface area contributed by atoms with Crippen LogP contribution in [0.1, 0.15) is 14.5 Å². The van der Waals surface area contributed by atoms with Gasteiger partial charge in [0, 0.05) is 15.6 Å². The molecule has 2 rings (SSSR count). The maximum absolute atomic E-state index is 12.1. The maximum atomic E-state index is 12.1. The van der Waals surface area contributed by atoms with E-state index in [1.807, 2.05) is 6.92 Å². The Morgan fingerprint density at radius 1 is 1.42 bits per heavy atom. The largest absolute Gasteiger partial charge is 0.495 e. The van der Waals surface area contributed by atoms with Gasteiger partial charge >= 0.3 is 0 Å². The highest BCUT2D eigenvalue weighted by Crippen LogP contribution is 2.29. The van der Waals surface area contributed by atoms with Crippen molar-refractivity contribution in [2.24, 2.45) is 0 Å². The summed E-state index contributed by atoms with van der Waals surface area (Å²) in [7, 11) is 1.53. The van der Waals surface area contributed by atoms with Crippen molar-refractivity contribution in [2.75, 3.05) is 18.2 Å². The van der Waals surface area contributed by atoms with Gasteiger partial charge in [-0.05, 0) is 31.2 Å². The van der Waals surface area contributed by atoms with Crippen LogP contribution in [-0.2, 0) is 0 Å². The van der Waals surface area contributed by atoms with Crippen LogP contribution < -0.4 is 15.8 Å². The SMILES string of the molecule is COc1ccc(Cl)cc1NC(=O)c1cc(N)c(C)s1. The van der Waals surface area contributed by atoms with E-state index in [0.717, 1.165) is 4.88 Å². The van der Waals surface area contributed by atoms with Gasteiger partial charge in [-0.25, -0.2) is 0 Å². The second-order valence-corrected chi connectivity index (χ2v) is 5.61. The molecule has 19 heavy (non-hydrogen) atoms. The van der Waals surface area contributed by atoms with Gasteiger partial charge in [0.1, 0.15) is 5.75 Å². The van der Waals surface area contributed by atoms with Gasteiger partial charge in [-0.2, -0.15) is 0 Å². The minimum Gasteiger partial charge on any atom is -0.495 e. The van der Waals surface area contributed by atoms with E-state index in [1.54, 1.807) is 24.3 Å². The predicted molar refractivity (Wildman–Crippen MR) is 79.4 cm³/mol. The second-order valence-electron chi connectivity index (χ2n) is 3.92. The van der Waals surface area contributed by atoms with Crippen molar-refractivity contribution in [3.8, 4) is 5.75 Å². The molecule has 2 aromatic rings. The monoisotopic (exact) mass is 296 g/mol. The third-order valence-corrected chi connectivity index (χ3v) is 3.89. The highest BCUT2D eigenvalue weighted by atomic mass is 35.5.